The first-order valence-electron chi connectivity index (χ1n) is 11.0. The summed E-state index contributed by atoms with van der Waals surface area (Å²) in [6.07, 6.45) is 2.48. The molecule has 1 atom stereocenters. The first-order chi connectivity index (χ1) is 16.3. The second-order valence-corrected chi connectivity index (χ2v) is 9.46. The molecule has 6 nitrogen and oxygen atoms in total. The Morgan fingerprint density at radius 2 is 1.83 bits per heavy atom. The number of aromatic nitrogens is 1. The van der Waals surface area contributed by atoms with Crippen molar-refractivity contribution in [1.29, 1.82) is 0 Å². The van der Waals surface area contributed by atoms with Crippen molar-refractivity contribution in [1.82, 2.24) is 10.3 Å². The summed E-state index contributed by atoms with van der Waals surface area (Å²) in [5.74, 6) is -0.0115. The average Bonchev–Trinajstić information content (AvgIpc) is 3.09. The van der Waals surface area contributed by atoms with Gasteiger partial charge in [0.05, 0.1) is 10.4 Å². The third-order valence-electron chi connectivity index (χ3n) is 6.68. The van der Waals surface area contributed by atoms with E-state index in [1.54, 1.807) is 19.2 Å². The number of hydrogen-bond donors (Lipinski definition) is 3. The van der Waals surface area contributed by atoms with Crippen molar-refractivity contribution < 1.29 is 13.9 Å². The van der Waals surface area contributed by atoms with Gasteiger partial charge >= 0.3 is 0 Å². The van der Waals surface area contributed by atoms with Gasteiger partial charge in [-0.05, 0) is 74.3 Å². The minimum absolute atomic E-state index is 0. The van der Waals surface area contributed by atoms with Crippen LogP contribution in [-0.4, -0.2) is 24.0 Å². The van der Waals surface area contributed by atoms with E-state index in [0.29, 0.717) is 16.3 Å². The number of halogens is 5. The number of amides is 1. The van der Waals surface area contributed by atoms with Gasteiger partial charge in [0.2, 0.25) is 5.91 Å². The summed E-state index contributed by atoms with van der Waals surface area (Å²) >= 11 is 12.4. The number of hydrogen-bond acceptors (Lipinski definition) is 5. The maximum absolute atomic E-state index is 14.0. The van der Waals surface area contributed by atoms with E-state index in [-0.39, 0.29) is 41.6 Å². The van der Waals surface area contributed by atoms with Crippen LogP contribution in [0.2, 0.25) is 10.0 Å². The van der Waals surface area contributed by atoms with E-state index in [1.165, 1.54) is 12.1 Å². The topological polar surface area (TPSA) is 89.3 Å². The van der Waals surface area contributed by atoms with Crippen molar-refractivity contribution in [2.24, 2.45) is 0 Å². The van der Waals surface area contributed by atoms with Crippen LogP contribution in [0.25, 0.3) is 11.1 Å². The predicted octanol–water partition coefficient (Wildman–Crippen LogP) is 6.33. The zero-order valence-electron chi connectivity index (χ0n) is 19.2. The molecule has 2 aliphatic rings. The van der Waals surface area contributed by atoms with Gasteiger partial charge in [-0.25, -0.2) is 9.37 Å². The number of fused-ring (bicyclic) bond motifs is 2. The van der Waals surface area contributed by atoms with Gasteiger partial charge in [0, 0.05) is 28.0 Å². The van der Waals surface area contributed by atoms with Gasteiger partial charge in [0.25, 0.3) is 0 Å². The molecule has 1 saturated heterocycles. The molecule has 3 aromatic rings. The SMILES string of the molecule is C[C@@H](Oc1cc(-c2ccc3c(c2)C2(CCNCC2)C(=O)N3)cnc1N)c1c(Cl)ccc(F)c1Cl.Cl.Cl. The lowest BCUT2D eigenvalue weighted by Gasteiger charge is -2.32. The summed E-state index contributed by atoms with van der Waals surface area (Å²) in [4.78, 5) is 17.2. The molecule has 11 heteroatoms. The van der Waals surface area contributed by atoms with Gasteiger partial charge in [-0.2, -0.15) is 0 Å². The molecule has 5 rings (SSSR count). The first kappa shape index (κ1) is 28.3. The molecule has 0 aliphatic carbocycles. The third-order valence-corrected chi connectivity index (χ3v) is 7.39. The quantitative estimate of drug-likeness (QED) is 0.317. The Morgan fingerprint density at radius 1 is 1.11 bits per heavy atom. The Hall–Kier alpha value is -2.29. The van der Waals surface area contributed by atoms with Crippen molar-refractivity contribution in [3.8, 4) is 16.9 Å². The summed E-state index contributed by atoms with van der Waals surface area (Å²) in [7, 11) is 0. The van der Waals surface area contributed by atoms with Crippen molar-refractivity contribution >= 4 is 65.4 Å². The monoisotopic (exact) mass is 572 g/mol. The van der Waals surface area contributed by atoms with Crippen LogP contribution in [-0.2, 0) is 10.2 Å². The normalized spacial score (nSPS) is 16.4. The molecule has 4 N–H and O–H groups in total. The number of nitrogens with zero attached hydrogens (tertiary/aromatic N) is 1. The molecule has 1 spiro atoms. The Bertz CT molecular complexity index is 1300. The molecular formula is C25H25Cl4FN4O2. The van der Waals surface area contributed by atoms with E-state index >= 15 is 0 Å². The maximum atomic E-state index is 14.0. The molecule has 36 heavy (non-hydrogen) atoms. The van der Waals surface area contributed by atoms with Crippen molar-refractivity contribution in [3.05, 3.63) is 69.6 Å². The second kappa shape index (κ2) is 11.0. The smallest absolute Gasteiger partial charge is 0.235 e. The second-order valence-electron chi connectivity index (χ2n) is 8.67. The molecular weight excluding hydrogens is 549 g/mol. The molecule has 1 fully saturated rings. The summed E-state index contributed by atoms with van der Waals surface area (Å²) in [5, 5.41) is 6.57. The lowest BCUT2D eigenvalue weighted by molar-refractivity contribution is -0.121. The molecule has 0 radical (unpaired) electrons. The van der Waals surface area contributed by atoms with Crippen LogP contribution in [0.3, 0.4) is 0 Å². The molecule has 0 saturated carbocycles. The van der Waals surface area contributed by atoms with E-state index in [4.69, 9.17) is 33.7 Å². The van der Waals surface area contributed by atoms with E-state index in [0.717, 1.165) is 48.3 Å². The predicted molar refractivity (Wildman–Crippen MR) is 146 cm³/mol. The molecule has 2 aliphatic heterocycles. The van der Waals surface area contributed by atoms with E-state index in [9.17, 15) is 9.18 Å². The van der Waals surface area contributed by atoms with Gasteiger partial charge in [0.15, 0.2) is 11.6 Å². The summed E-state index contributed by atoms with van der Waals surface area (Å²) < 4.78 is 20.0. The summed E-state index contributed by atoms with van der Waals surface area (Å²) in [5.41, 5.74) is 9.42. The van der Waals surface area contributed by atoms with Crippen molar-refractivity contribution in [3.63, 3.8) is 0 Å². The fourth-order valence-electron chi connectivity index (χ4n) is 4.82. The van der Waals surface area contributed by atoms with Gasteiger partial charge in [-0.3, -0.25) is 4.79 Å². The van der Waals surface area contributed by atoms with Crippen LogP contribution in [0.4, 0.5) is 15.9 Å². The molecule has 192 valence electrons. The van der Waals surface area contributed by atoms with E-state index < -0.39 is 17.3 Å². The molecule has 1 aromatic heterocycles. The number of piperidine rings is 1. The van der Waals surface area contributed by atoms with E-state index in [2.05, 4.69) is 15.6 Å². The third kappa shape index (κ3) is 4.83. The number of carbonyl (C=O) groups excluding carboxylic acids is 1. The number of carbonyl (C=O) groups is 1. The zero-order valence-corrected chi connectivity index (χ0v) is 22.4. The minimum atomic E-state index is -0.671. The summed E-state index contributed by atoms with van der Waals surface area (Å²) in [6, 6.07) is 10.3. The minimum Gasteiger partial charge on any atom is -0.482 e. The lowest BCUT2D eigenvalue weighted by Crippen LogP contribution is -2.44. The Labute approximate surface area is 230 Å². The number of nitrogens with one attached hydrogen (secondary N) is 2. The molecule has 2 aromatic carbocycles. The Kier molecular flexibility index (Phi) is 8.63. The van der Waals surface area contributed by atoms with Crippen LogP contribution in [0.1, 0.15) is 37.0 Å². The number of rotatable bonds is 4. The van der Waals surface area contributed by atoms with Crippen LogP contribution >= 0.6 is 48.0 Å². The standard InChI is InChI=1S/C25H23Cl2FN4O2.2ClH/c1-13(21-17(26)3-4-18(28)22(21)27)34-20-11-15(12-31-23(20)29)14-2-5-19-16(10-14)25(24(33)32-19)6-8-30-9-7-25;;/h2-5,10-13,30H,6-9H2,1H3,(H2,29,31)(H,32,33);2*1H/t13-;;/m1../s1. The number of nitrogens with two attached hydrogens (primary N) is 1. The van der Waals surface area contributed by atoms with Crippen LogP contribution in [0, 0.1) is 5.82 Å². The lowest BCUT2D eigenvalue weighted by atomic mass is 9.73. The average molecular weight is 574 g/mol. The summed E-state index contributed by atoms with van der Waals surface area (Å²) in [6.45, 7) is 3.30. The van der Waals surface area contributed by atoms with Crippen LogP contribution in [0.5, 0.6) is 5.75 Å². The highest BCUT2D eigenvalue weighted by Gasteiger charge is 2.47. The number of nitrogen functional groups attached to an aromatic ring is 1. The fraction of sp³-hybridized carbons (Fsp3) is 0.280. The van der Waals surface area contributed by atoms with Crippen molar-refractivity contribution in [2.75, 3.05) is 24.1 Å². The highest BCUT2D eigenvalue weighted by Crippen LogP contribution is 2.45. The highest BCUT2D eigenvalue weighted by molar-refractivity contribution is 6.36. The Balaban J connectivity index is 0.00000180. The first-order valence-corrected chi connectivity index (χ1v) is 11.8. The molecule has 3 heterocycles. The zero-order chi connectivity index (χ0) is 24.0. The van der Waals surface area contributed by atoms with Crippen LogP contribution < -0.4 is 21.1 Å². The fourth-order valence-corrected chi connectivity index (χ4v) is 5.49. The van der Waals surface area contributed by atoms with Gasteiger partial charge in [0.1, 0.15) is 11.9 Å². The van der Waals surface area contributed by atoms with Gasteiger partial charge in [-0.1, -0.05) is 29.3 Å². The van der Waals surface area contributed by atoms with Gasteiger partial charge < -0.3 is 21.1 Å². The molecule has 0 unspecified atom stereocenters. The van der Waals surface area contributed by atoms with Crippen LogP contribution in [0.15, 0.2) is 42.6 Å². The Morgan fingerprint density at radius 3 is 2.56 bits per heavy atom. The van der Waals surface area contributed by atoms with Gasteiger partial charge in [-0.15, -0.1) is 24.8 Å². The maximum Gasteiger partial charge on any atom is 0.235 e. The van der Waals surface area contributed by atoms with E-state index in [1.807, 2.05) is 18.2 Å². The largest absolute Gasteiger partial charge is 0.482 e. The number of pyridine rings is 1. The molecule has 1 amide bonds. The highest BCUT2D eigenvalue weighted by atomic mass is 35.5. The number of benzene rings is 2. The van der Waals surface area contributed by atoms with Crippen molar-refractivity contribution in [2.45, 2.75) is 31.3 Å². The molecule has 0 bridgehead atoms. The number of ether oxygens (including phenoxy) is 1. The number of anilines is 2.